The highest BCUT2D eigenvalue weighted by atomic mass is 35.5. The molecule has 31 heavy (non-hydrogen) atoms. The summed E-state index contributed by atoms with van der Waals surface area (Å²) < 4.78 is 0. The van der Waals surface area contributed by atoms with E-state index in [1.165, 1.54) is 0 Å². The fourth-order valence-corrected chi connectivity index (χ4v) is 4.69. The Bertz CT molecular complexity index is 935. The molecule has 2 aromatic rings. The van der Waals surface area contributed by atoms with Crippen LogP contribution < -0.4 is 0 Å². The van der Waals surface area contributed by atoms with E-state index >= 15 is 0 Å². The molecule has 1 saturated heterocycles. The number of benzene rings is 1. The van der Waals surface area contributed by atoms with Crippen LogP contribution in [-0.2, 0) is 10.4 Å². The Morgan fingerprint density at radius 1 is 1.32 bits per heavy atom. The van der Waals surface area contributed by atoms with Gasteiger partial charge in [-0.15, -0.1) is 6.58 Å². The largest absolute Gasteiger partial charge is 0.384 e. The lowest BCUT2D eigenvalue weighted by Crippen LogP contribution is -2.50. The summed E-state index contributed by atoms with van der Waals surface area (Å²) in [4.78, 5) is 20.7. The molecular weight excluding hydrogens is 408 g/mol. The SMILES string of the molecule is C=CCC1(C)CCC(c2ccc(Cl)cc2)N(C(CC)c2cccc(C(C)(C)O)n2)C1=O. The van der Waals surface area contributed by atoms with Crippen molar-refractivity contribution >= 4 is 17.5 Å². The zero-order valence-electron chi connectivity index (χ0n) is 18.9. The molecule has 4 nitrogen and oxygen atoms in total. The minimum Gasteiger partial charge on any atom is -0.384 e. The van der Waals surface area contributed by atoms with Crippen molar-refractivity contribution in [3.8, 4) is 0 Å². The van der Waals surface area contributed by atoms with Crippen molar-refractivity contribution in [3.05, 3.63) is 77.1 Å². The van der Waals surface area contributed by atoms with E-state index in [2.05, 4.69) is 13.5 Å². The zero-order chi connectivity index (χ0) is 22.8. The summed E-state index contributed by atoms with van der Waals surface area (Å²) in [6.45, 7) is 11.4. The van der Waals surface area contributed by atoms with Crippen molar-refractivity contribution < 1.29 is 9.90 Å². The number of hydrogen-bond donors (Lipinski definition) is 1. The Balaban J connectivity index is 2.10. The maximum Gasteiger partial charge on any atom is 0.229 e. The third-order valence-corrected chi connectivity index (χ3v) is 6.62. The fourth-order valence-electron chi connectivity index (χ4n) is 4.56. The first kappa shape index (κ1) is 23.5. The van der Waals surface area contributed by atoms with Gasteiger partial charge in [0.1, 0.15) is 5.60 Å². The van der Waals surface area contributed by atoms with Gasteiger partial charge in [-0.05, 0) is 69.4 Å². The van der Waals surface area contributed by atoms with E-state index in [0.717, 1.165) is 30.5 Å². The molecule has 0 bridgehead atoms. The highest BCUT2D eigenvalue weighted by molar-refractivity contribution is 6.30. The summed E-state index contributed by atoms with van der Waals surface area (Å²) in [6.07, 6.45) is 4.87. The molecule has 1 aromatic carbocycles. The predicted octanol–water partition coefficient (Wildman–Crippen LogP) is 6.36. The van der Waals surface area contributed by atoms with E-state index < -0.39 is 11.0 Å². The molecule has 0 radical (unpaired) electrons. The van der Waals surface area contributed by atoms with Crippen LogP contribution in [0.25, 0.3) is 0 Å². The molecule has 5 heteroatoms. The number of hydrogen-bond acceptors (Lipinski definition) is 3. The first-order valence-electron chi connectivity index (χ1n) is 11.0. The Hall–Kier alpha value is -2.17. The molecule has 1 aliphatic heterocycles. The van der Waals surface area contributed by atoms with E-state index in [9.17, 15) is 9.90 Å². The number of carbonyl (C=O) groups excluding carboxylic acids is 1. The molecule has 1 aliphatic rings. The number of aromatic nitrogens is 1. The number of nitrogens with zero attached hydrogens (tertiary/aromatic N) is 2. The van der Waals surface area contributed by atoms with Crippen LogP contribution in [0.15, 0.2) is 55.1 Å². The number of amides is 1. The second-order valence-electron chi connectivity index (χ2n) is 9.30. The topological polar surface area (TPSA) is 53.4 Å². The first-order chi connectivity index (χ1) is 14.6. The van der Waals surface area contributed by atoms with Gasteiger partial charge >= 0.3 is 0 Å². The van der Waals surface area contributed by atoms with Crippen LogP contribution >= 0.6 is 11.6 Å². The van der Waals surface area contributed by atoms with Crippen LogP contribution in [0.1, 0.15) is 82.4 Å². The fraction of sp³-hybridized carbons (Fsp3) is 0.462. The van der Waals surface area contributed by atoms with Crippen molar-refractivity contribution in [1.29, 1.82) is 0 Å². The maximum absolute atomic E-state index is 13.9. The molecule has 1 amide bonds. The standard InChI is InChI=1S/C26H33ClN2O2/c1-6-16-26(5)17-15-22(18-11-13-19(27)14-12-18)29(24(26)30)21(7-2)20-9-8-10-23(28-20)25(3,4)31/h6,8-14,21-22,31H,1,7,15-17H2,2-5H3. The molecule has 2 heterocycles. The van der Waals surface area contributed by atoms with Crippen molar-refractivity contribution in [2.75, 3.05) is 0 Å². The minimum absolute atomic E-state index is 0.0554. The highest BCUT2D eigenvalue weighted by Crippen LogP contribution is 2.47. The molecule has 0 spiro atoms. The number of piperidine rings is 1. The maximum atomic E-state index is 13.9. The van der Waals surface area contributed by atoms with Gasteiger partial charge in [0.05, 0.1) is 28.9 Å². The summed E-state index contributed by atoms with van der Waals surface area (Å²) in [5, 5.41) is 11.2. The lowest BCUT2D eigenvalue weighted by Gasteiger charge is -2.48. The highest BCUT2D eigenvalue weighted by Gasteiger charge is 2.46. The van der Waals surface area contributed by atoms with Crippen molar-refractivity contribution in [2.45, 2.75) is 71.1 Å². The third kappa shape index (κ3) is 4.86. The monoisotopic (exact) mass is 440 g/mol. The quantitative estimate of drug-likeness (QED) is 0.509. The van der Waals surface area contributed by atoms with E-state index in [1.54, 1.807) is 13.8 Å². The second kappa shape index (κ2) is 9.13. The lowest BCUT2D eigenvalue weighted by molar-refractivity contribution is -0.153. The van der Waals surface area contributed by atoms with Crippen LogP contribution in [0.4, 0.5) is 0 Å². The first-order valence-corrected chi connectivity index (χ1v) is 11.4. The number of allylic oxidation sites excluding steroid dienone is 1. The Labute approximate surface area is 191 Å². The average Bonchev–Trinajstić information content (AvgIpc) is 2.72. The second-order valence-corrected chi connectivity index (χ2v) is 9.74. The van der Waals surface area contributed by atoms with Gasteiger partial charge in [-0.1, -0.05) is 49.7 Å². The molecule has 1 aromatic heterocycles. The predicted molar refractivity (Wildman–Crippen MR) is 126 cm³/mol. The van der Waals surface area contributed by atoms with E-state index in [-0.39, 0.29) is 18.0 Å². The number of pyridine rings is 1. The van der Waals surface area contributed by atoms with Gasteiger partial charge in [-0.3, -0.25) is 9.78 Å². The van der Waals surface area contributed by atoms with Crippen molar-refractivity contribution in [3.63, 3.8) is 0 Å². The summed E-state index contributed by atoms with van der Waals surface area (Å²) in [5.41, 5.74) is 0.955. The van der Waals surface area contributed by atoms with Crippen LogP contribution in [0.3, 0.4) is 0 Å². The van der Waals surface area contributed by atoms with Gasteiger partial charge in [0.2, 0.25) is 5.91 Å². The third-order valence-electron chi connectivity index (χ3n) is 6.37. The molecule has 0 saturated carbocycles. The normalized spacial score (nSPS) is 23.0. The molecular formula is C26H33ClN2O2. The van der Waals surface area contributed by atoms with Crippen LogP contribution in [0, 0.1) is 5.41 Å². The van der Waals surface area contributed by atoms with Gasteiger partial charge in [-0.25, -0.2) is 0 Å². The van der Waals surface area contributed by atoms with Crippen LogP contribution in [0.2, 0.25) is 5.02 Å². The molecule has 1 fully saturated rings. The Morgan fingerprint density at radius 3 is 2.58 bits per heavy atom. The minimum atomic E-state index is -1.05. The lowest BCUT2D eigenvalue weighted by atomic mass is 9.74. The Morgan fingerprint density at radius 2 is 2.00 bits per heavy atom. The van der Waals surface area contributed by atoms with Crippen LogP contribution in [0.5, 0.6) is 0 Å². The van der Waals surface area contributed by atoms with Crippen LogP contribution in [-0.4, -0.2) is 20.9 Å². The van der Waals surface area contributed by atoms with Gasteiger partial charge in [0, 0.05) is 5.02 Å². The van der Waals surface area contributed by atoms with Gasteiger partial charge in [-0.2, -0.15) is 0 Å². The van der Waals surface area contributed by atoms with Gasteiger partial charge in [0.15, 0.2) is 0 Å². The number of rotatable bonds is 7. The molecule has 0 aliphatic carbocycles. The van der Waals surface area contributed by atoms with E-state index in [0.29, 0.717) is 17.1 Å². The summed E-state index contributed by atoms with van der Waals surface area (Å²) >= 11 is 6.12. The smallest absolute Gasteiger partial charge is 0.229 e. The van der Waals surface area contributed by atoms with E-state index in [1.807, 2.05) is 60.4 Å². The van der Waals surface area contributed by atoms with Gasteiger partial charge < -0.3 is 10.0 Å². The van der Waals surface area contributed by atoms with Crippen molar-refractivity contribution in [2.24, 2.45) is 5.41 Å². The summed E-state index contributed by atoms with van der Waals surface area (Å²) in [6, 6.07) is 13.2. The van der Waals surface area contributed by atoms with E-state index in [4.69, 9.17) is 16.6 Å². The molecule has 1 N–H and O–H groups in total. The molecule has 3 unspecified atom stereocenters. The molecule has 3 rings (SSSR count). The zero-order valence-corrected chi connectivity index (χ0v) is 19.7. The number of halogens is 1. The van der Waals surface area contributed by atoms with Crippen molar-refractivity contribution in [1.82, 2.24) is 9.88 Å². The van der Waals surface area contributed by atoms with Gasteiger partial charge in [0.25, 0.3) is 0 Å². The number of likely N-dealkylation sites (tertiary alicyclic amines) is 1. The molecule has 3 atom stereocenters. The number of carbonyl (C=O) groups is 1. The average molecular weight is 441 g/mol. The molecule has 166 valence electrons. The number of aliphatic hydroxyl groups is 1. The summed E-state index contributed by atoms with van der Waals surface area (Å²) in [5.74, 6) is 0.126. The Kier molecular flexibility index (Phi) is 6.92. The summed E-state index contributed by atoms with van der Waals surface area (Å²) in [7, 11) is 0.